The third kappa shape index (κ3) is 7.18. The highest BCUT2D eigenvalue weighted by Gasteiger charge is 2.27. The number of benzene rings is 3. The van der Waals surface area contributed by atoms with E-state index in [4.69, 9.17) is 9.47 Å². The number of rotatable bonds is 8. The maximum Gasteiger partial charge on any atom is 0.344 e. The Bertz CT molecular complexity index is 1380. The Kier molecular flexibility index (Phi) is 8.85. The van der Waals surface area contributed by atoms with Crippen molar-refractivity contribution in [1.29, 1.82) is 0 Å². The molecule has 0 amide bonds. The fraction of sp³-hybridized carbons (Fsp3) is 0.367. The summed E-state index contributed by atoms with van der Waals surface area (Å²) in [6.07, 6.45) is 5.24. The van der Waals surface area contributed by atoms with E-state index in [-0.39, 0.29) is 17.5 Å². The standard InChI is InChI=1S/C30H35NO5S2/c1-30(2,3)36-29(32)20-35-28-14-8-12-25-26(28)11-5-6-13-27(25)31-38(33,34)24-17-15-21(16-18-24)22-9-7-10-23(19-22)37-4/h7-10,12,14-19,27,31H,5-6,11,13,20H2,1-4H3. The van der Waals surface area contributed by atoms with Crippen molar-refractivity contribution in [2.24, 2.45) is 0 Å². The number of hydrogen-bond acceptors (Lipinski definition) is 6. The van der Waals surface area contributed by atoms with Gasteiger partial charge in [0.15, 0.2) is 6.61 Å². The zero-order chi connectivity index (χ0) is 27.3. The number of esters is 1. The van der Waals surface area contributed by atoms with Crippen LogP contribution in [-0.4, -0.2) is 32.9 Å². The van der Waals surface area contributed by atoms with Gasteiger partial charge in [-0.2, -0.15) is 0 Å². The van der Waals surface area contributed by atoms with Crippen molar-refractivity contribution >= 4 is 27.8 Å². The van der Waals surface area contributed by atoms with Gasteiger partial charge in [0.1, 0.15) is 11.4 Å². The van der Waals surface area contributed by atoms with Crippen molar-refractivity contribution in [2.45, 2.75) is 67.9 Å². The lowest BCUT2D eigenvalue weighted by molar-refractivity contribution is -0.157. The van der Waals surface area contributed by atoms with Crippen LogP contribution < -0.4 is 9.46 Å². The monoisotopic (exact) mass is 553 g/mol. The molecule has 1 N–H and O–H groups in total. The zero-order valence-electron chi connectivity index (χ0n) is 22.3. The number of carbonyl (C=O) groups excluding carboxylic acids is 1. The minimum Gasteiger partial charge on any atom is -0.482 e. The second-order valence-corrected chi connectivity index (χ2v) is 13.0. The smallest absolute Gasteiger partial charge is 0.344 e. The van der Waals surface area contributed by atoms with Gasteiger partial charge in [0.2, 0.25) is 10.0 Å². The van der Waals surface area contributed by atoms with Gasteiger partial charge >= 0.3 is 5.97 Å². The lowest BCUT2D eigenvalue weighted by Gasteiger charge is -2.22. The number of ether oxygens (including phenoxy) is 2. The van der Waals surface area contributed by atoms with Crippen LogP contribution in [0.25, 0.3) is 11.1 Å². The van der Waals surface area contributed by atoms with E-state index in [1.54, 1.807) is 23.9 Å². The lowest BCUT2D eigenvalue weighted by Crippen LogP contribution is -2.29. The quantitative estimate of drug-likeness (QED) is 0.194. The number of sulfonamides is 1. The summed E-state index contributed by atoms with van der Waals surface area (Å²) in [5, 5.41) is 0. The molecule has 3 aromatic carbocycles. The predicted octanol–water partition coefficient (Wildman–Crippen LogP) is 6.54. The van der Waals surface area contributed by atoms with Gasteiger partial charge in [0.25, 0.3) is 0 Å². The van der Waals surface area contributed by atoms with Crippen LogP contribution in [0.1, 0.15) is 57.2 Å². The highest BCUT2D eigenvalue weighted by Crippen LogP contribution is 2.35. The van der Waals surface area contributed by atoms with Crippen molar-refractivity contribution < 1.29 is 22.7 Å². The van der Waals surface area contributed by atoms with E-state index >= 15 is 0 Å². The molecule has 0 heterocycles. The van der Waals surface area contributed by atoms with Crippen molar-refractivity contribution in [2.75, 3.05) is 12.9 Å². The van der Waals surface area contributed by atoms with Gasteiger partial charge in [-0.3, -0.25) is 0 Å². The van der Waals surface area contributed by atoms with Crippen LogP contribution in [0.15, 0.2) is 76.5 Å². The van der Waals surface area contributed by atoms with Crippen molar-refractivity contribution in [3.8, 4) is 16.9 Å². The van der Waals surface area contributed by atoms with E-state index in [0.717, 1.165) is 46.4 Å². The Balaban J connectivity index is 1.52. The van der Waals surface area contributed by atoms with Gasteiger partial charge in [0, 0.05) is 10.9 Å². The first kappa shape index (κ1) is 28.2. The number of carbonyl (C=O) groups is 1. The van der Waals surface area contributed by atoms with E-state index < -0.39 is 21.6 Å². The maximum atomic E-state index is 13.4. The predicted molar refractivity (Wildman–Crippen MR) is 152 cm³/mol. The van der Waals surface area contributed by atoms with Crippen LogP contribution in [0.5, 0.6) is 5.75 Å². The molecule has 1 aliphatic carbocycles. The van der Waals surface area contributed by atoms with Crippen LogP contribution in [0.2, 0.25) is 0 Å². The van der Waals surface area contributed by atoms with Crippen molar-refractivity contribution in [3.05, 3.63) is 77.9 Å². The molecule has 38 heavy (non-hydrogen) atoms. The SMILES string of the molecule is CSc1cccc(-c2ccc(S(=O)(=O)NC3CCCCc4c(OCC(=O)OC(C)(C)C)cccc43)cc2)c1. The Labute approximate surface area is 230 Å². The molecule has 1 unspecified atom stereocenters. The molecule has 0 spiro atoms. The highest BCUT2D eigenvalue weighted by molar-refractivity contribution is 7.98. The average molecular weight is 554 g/mol. The van der Waals surface area contributed by atoms with Crippen LogP contribution in [0.3, 0.4) is 0 Å². The fourth-order valence-corrected chi connectivity index (χ4v) is 6.34. The average Bonchev–Trinajstić information content (AvgIpc) is 3.09. The minimum atomic E-state index is -3.76. The lowest BCUT2D eigenvalue weighted by atomic mass is 9.99. The first-order valence-electron chi connectivity index (χ1n) is 12.8. The molecular weight excluding hydrogens is 518 g/mol. The third-order valence-corrected chi connectivity index (χ3v) is 8.56. The largest absolute Gasteiger partial charge is 0.482 e. The number of thioether (sulfide) groups is 1. The normalized spacial score (nSPS) is 15.8. The van der Waals surface area contributed by atoms with E-state index in [9.17, 15) is 13.2 Å². The third-order valence-electron chi connectivity index (χ3n) is 6.34. The number of fused-ring (bicyclic) bond motifs is 1. The van der Waals surface area contributed by atoms with E-state index in [1.165, 1.54) is 0 Å². The van der Waals surface area contributed by atoms with Crippen LogP contribution >= 0.6 is 11.8 Å². The molecule has 4 rings (SSSR count). The zero-order valence-corrected chi connectivity index (χ0v) is 24.0. The fourth-order valence-electron chi connectivity index (χ4n) is 4.63. The molecule has 202 valence electrons. The molecule has 1 aliphatic rings. The van der Waals surface area contributed by atoms with E-state index in [1.807, 2.05) is 69.5 Å². The van der Waals surface area contributed by atoms with Gasteiger partial charge < -0.3 is 9.47 Å². The first-order chi connectivity index (χ1) is 18.1. The molecule has 0 fully saturated rings. The second-order valence-electron chi connectivity index (χ2n) is 10.4. The maximum absolute atomic E-state index is 13.4. The van der Waals surface area contributed by atoms with E-state index in [0.29, 0.717) is 12.2 Å². The Morgan fingerprint density at radius 1 is 1.00 bits per heavy atom. The summed E-state index contributed by atoms with van der Waals surface area (Å²) in [5.41, 5.74) is 3.24. The molecule has 0 saturated carbocycles. The number of nitrogens with one attached hydrogen (secondary N) is 1. The van der Waals surface area contributed by atoms with Crippen molar-refractivity contribution in [1.82, 2.24) is 4.72 Å². The molecule has 0 bridgehead atoms. The van der Waals surface area contributed by atoms with Crippen LogP contribution in [-0.2, 0) is 26.0 Å². The second kappa shape index (κ2) is 11.9. The molecule has 8 heteroatoms. The summed E-state index contributed by atoms with van der Waals surface area (Å²) in [5.74, 6) is 0.154. The summed E-state index contributed by atoms with van der Waals surface area (Å²) in [4.78, 5) is 13.6. The molecule has 0 saturated heterocycles. The summed E-state index contributed by atoms with van der Waals surface area (Å²) in [6, 6.07) is 20.4. The molecule has 0 radical (unpaired) electrons. The summed E-state index contributed by atoms with van der Waals surface area (Å²) < 4.78 is 40.9. The summed E-state index contributed by atoms with van der Waals surface area (Å²) in [7, 11) is -3.76. The van der Waals surface area contributed by atoms with Crippen molar-refractivity contribution in [3.63, 3.8) is 0 Å². The Hall–Kier alpha value is -2.81. The molecule has 0 aromatic heterocycles. The summed E-state index contributed by atoms with van der Waals surface area (Å²) >= 11 is 1.67. The van der Waals surface area contributed by atoms with Crippen LogP contribution in [0.4, 0.5) is 0 Å². The van der Waals surface area contributed by atoms with Gasteiger partial charge in [0.05, 0.1) is 4.90 Å². The summed E-state index contributed by atoms with van der Waals surface area (Å²) in [6.45, 7) is 5.24. The molecule has 3 aromatic rings. The van der Waals surface area contributed by atoms with Gasteiger partial charge in [-0.1, -0.05) is 42.8 Å². The topological polar surface area (TPSA) is 81.7 Å². The van der Waals surface area contributed by atoms with Gasteiger partial charge in [-0.05, 0) is 98.9 Å². The number of hydrogen-bond donors (Lipinski definition) is 1. The molecule has 0 aliphatic heterocycles. The Morgan fingerprint density at radius 3 is 2.45 bits per heavy atom. The molecule has 6 nitrogen and oxygen atoms in total. The van der Waals surface area contributed by atoms with Gasteiger partial charge in [-0.25, -0.2) is 17.9 Å². The van der Waals surface area contributed by atoms with Gasteiger partial charge in [-0.15, -0.1) is 11.8 Å². The highest BCUT2D eigenvalue weighted by atomic mass is 32.2. The Morgan fingerprint density at radius 2 is 1.74 bits per heavy atom. The van der Waals surface area contributed by atoms with Crippen LogP contribution in [0, 0.1) is 0 Å². The molecular formula is C30H35NO5S2. The van der Waals surface area contributed by atoms with E-state index in [2.05, 4.69) is 16.9 Å². The first-order valence-corrected chi connectivity index (χ1v) is 15.5. The molecule has 1 atom stereocenters. The minimum absolute atomic E-state index is 0.198.